The van der Waals surface area contributed by atoms with E-state index >= 15 is 0 Å². The van der Waals surface area contributed by atoms with Crippen molar-refractivity contribution >= 4 is 52.3 Å². The van der Waals surface area contributed by atoms with Crippen LogP contribution < -0.4 is 11.4 Å². The van der Waals surface area contributed by atoms with Crippen molar-refractivity contribution in [1.29, 1.82) is 0 Å². The lowest BCUT2D eigenvalue weighted by Gasteiger charge is -2.19. The average molecular weight is 510 g/mol. The largest absolute Gasteiger partial charge is 0.469 e. The number of anilines is 1. The zero-order valence-electron chi connectivity index (χ0n) is 18.2. The summed E-state index contributed by atoms with van der Waals surface area (Å²) in [6, 6.07) is 5.02. The molecule has 0 unspecified atom stereocenters. The van der Waals surface area contributed by atoms with E-state index in [1.54, 1.807) is 18.2 Å². The number of carbonyl (C=O) groups excluding carboxylic acids is 2. The van der Waals surface area contributed by atoms with E-state index in [1.165, 1.54) is 29.4 Å². The highest BCUT2D eigenvalue weighted by Gasteiger charge is 2.42. The molecule has 0 aliphatic carbocycles. The molecule has 3 atom stereocenters. The number of imidazole rings is 1. The third-order valence-electron chi connectivity index (χ3n) is 5.39. The molecule has 1 aromatic carbocycles. The molecule has 3 heterocycles. The zero-order valence-corrected chi connectivity index (χ0v) is 19.7. The van der Waals surface area contributed by atoms with Crippen LogP contribution in [-0.4, -0.2) is 50.4 Å². The molecule has 11 nitrogen and oxygen atoms in total. The molecule has 180 valence electrons. The monoisotopic (exact) mass is 509 g/mol. The summed E-state index contributed by atoms with van der Waals surface area (Å²) in [7, 11) is 1.26. The highest BCUT2D eigenvalue weighted by molar-refractivity contribution is 6.42. The SMILES string of the molecule is COC(=O)C[C@@H]1C[C@@H](OC(C)=O)[C@H](n2c(=O)n(Cc3ccc(Cl)c(Cl)c3)c3cnc(N)nc32)O1. The first-order valence-corrected chi connectivity index (χ1v) is 11.0. The normalized spacial score (nSPS) is 19.9. The molecule has 1 aliphatic heterocycles. The Labute approximate surface area is 203 Å². The summed E-state index contributed by atoms with van der Waals surface area (Å²) in [4.78, 5) is 45.4. The minimum absolute atomic E-state index is 0.0546. The highest BCUT2D eigenvalue weighted by Crippen LogP contribution is 2.34. The number of nitrogen functional groups attached to an aromatic ring is 1. The number of hydrogen-bond acceptors (Lipinski definition) is 9. The number of aromatic nitrogens is 4. The van der Waals surface area contributed by atoms with Crippen molar-refractivity contribution < 1.29 is 23.8 Å². The zero-order chi connectivity index (χ0) is 24.6. The Morgan fingerprint density at radius 3 is 2.74 bits per heavy atom. The van der Waals surface area contributed by atoms with E-state index in [2.05, 4.69) is 9.97 Å². The molecule has 0 radical (unpaired) electrons. The molecule has 0 amide bonds. The number of hydrogen-bond donors (Lipinski definition) is 1. The van der Waals surface area contributed by atoms with E-state index in [0.29, 0.717) is 21.1 Å². The predicted molar refractivity (Wildman–Crippen MR) is 122 cm³/mol. The Kier molecular flexibility index (Phi) is 6.78. The summed E-state index contributed by atoms with van der Waals surface area (Å²) in [6.07, 6.45) is -0.983. The molecular formula is C21H21Cl2N5O6. The van der Waals surface area contributed by atoms with Crippen LogP contribution in [0.15, 0.2) is 29.2 Å². The Balaban J connectivity index is 1.80. The summed E-state index contributed by atoms with van der Waals surface area (Å²) in [5.74, 6) is -1.10. The van der Waals surface area contributed by atoms with Gasteiger partial charge in [-0.05, 0) is 17.7 Å². The Bertz CT molecular complexity index is 1320. The van der Waals surface area contributed by atoms with Gasteiger partial charge in [-0.2, -0.15) is 4.98 Å². The number of esters is 2. The van der Waals surface area contributed by atoms with Gasteiger partial charge in [0, 0.05) is 13.3 Å². The van der Waals surface area contributed by atoms with Crippen LogP contribution in [0.2, 0.25) is 10.0 Å². The van der Waals surface area contributed by atoms with Crippen molar-refractivity contribution in [2.45, 2.75) is 44.7 Å². The van der Waals surface area contributed by atoms with Gasteiger partial charge in [0.1, 0.15) is 11.6 Å². The number of fused-ring (bicyclic) bond motifs is 1. The van der Waals surface area contributed by atoms with Gasteiger partial charge in [-0.1, -0.05) is 29.3 Å². The number of halogens is 2. The molecule has 2 aromatic heterocycles. The lowest BCUT2D eigenvalue weighted by molar-refractivity contribution is -0.153. The third-order valence-corrected chi connectivity index (χ3v) is 6.13. The number of carbonyl (C=O) groups is 2. The van der Waals surface area contributed by atoms with E-state index in [1.807, 2.05) is 0 Å². The second-order valence-corrected chi connectivity index (χ2v) is 8.55. The third kappa shape index (κ3) is 4.72. The summed E-state index contributed by atoms with van der Waals surface area (Å²) in [5.41, 5.74) is 6.58. The summed E-state index contributed by atoms with van der Waals surface area (Å²) >= 11 is 12.1. The first-order valence-electron chi connectivity index (χ1n) is 10.2. The van der Waals surface area contributed by atoms with Crippen molar-refractivity contribution in [3.63, 3.8) is 0 Å². The first kappa shape index (κ1) is 24.0. The van der Waals surface area contributed by atoms with E-state index in [0.717, 1.165) is 0 Å². The maximum atomic E-state index is 13.6. The molecule has 1 saturated heterocycles. The van der Waals surface area contributed by atoms with Gasteiger partial charge in [0.25, 0.3) is 0 Å². The summed E-state index contributed by atoms with van der Waals surface area (Å²) in [6.45, 7) is 1.38. The quantitative estimate of drug-likeness (QED) is 0.495. The van der Waals surface area contributed by atoms with E-state index in [4.69, 9.17) is 43.1 Å². The van der Waals surface area contributed by atoms with Crippen LogP contribution in [0, 0.1) is 0 Å². The van der Waals surface area contributed by atoms with Crippen molar-refractivity contribution in [3.8, 4) is 0 Å². The molecule has 3 aromatic rings. The molecule has 4 rings (SSSR count). The standard InChI is InChI=1S/C21H21Cl2N5O6/c1-10(29)33-16-6-12(7-17(30)32-2)34-19(16)28-18-15(8-25-20(24)26-18)27(21(28)31)9-11-3-4-13(22)14(23)5-11/h3-5,8,12,16,19H,6-7,9H2,1-2H3,(H2,24,25,26)/t12-,16+,19+/m0/s1. The fraction of sp³-hybridized carbons (Fsp3) is 0.381. The van der Waals surface area contributed by atoms with Gasteiger partial charge in [-0.25, -0.2) is 14.3 Å². The van der Waals surface area contributed by atoms with Gasteiger partial charge in [0.05, 0.1) is 42.4 Å². The van der Waals surface area contributed by atoms with E-state index < -0.39 is 36.1 Å². The van der Waals surface area contributed by atoms with Crippen LogP contribution in [0.25, 0.3) is 11.2 Å². The van der Waals surface area contributed by atoms with Crippen LogP contribution in [-0.2, 0) is 30.3 Å². The minimum atomic E-state index is -1.04. The predicted octanol–water partition coefficient (Wildman–Crippen LogP) is 2.31. The molecule has 0 saturated carbocycles. The number of benzene rings is 1. The van der Waals surface area contributed by atoms with Gasteiger partial charge < -0.3 is 19.9 Å². The number of nitrogens with zero attached hydrogens (tertiary/aromatic N) is 4. The summed E-state index contributed by atoms with van der Waals surface area (Å²) < 4.78 is 18.8. The Morgan fingerprint density at radius 1 is 1.29 bits per heavy atom. The molecule has 0 spiro atoms. The van der Waals surface area contributed by atoms with Crippen LogP contribution in [0.1, 0.15) is 31.6 Å². The second kappa shape index (κ2) is 9.61. The smallest absolute Gasteiger partial charge is 0.332 e. The highest BCUT2D eigenvalue weighted by atomic mass is 35.5. The molecular weight excluding hydrogens is 489 g/mol. The molecule has 1 fully saturated rings. The topological polar surface area (TPSA) is 141 Å². The van der Waals surface area contributed by atoms with Gasteiger partial charge in [0.15, 0.2) is 11.9 Å². The van der Waals surface area contributed by atoms with Crippen LogP contribution in [0.4, 0.5) is 5.95 Å². The number of ether oxygens (including phenoxy) is 3. The fourth-order valence-electron chi connectivity index (χ4n) is 3.94. The van der Waals surface area contributed by atoms with E-state index in [-0.39, 0.29) is 31.0 Å². The molecule has 13 heteroatoms. The molecule has 1 aliphatic rings. The van der Waals surface area contributed by atoms with Gasteiger partial charge in [-0.15, -0.1) is 0 Å². The lowest BCUT2D eigenvalue weighted by atomic mass is 10.1. The maximum Gasteiger partial charge on any atom is 0.332 e. The van der Waals surface area contributed by atoms with Gasteiger partial charge >= 0.3 is 17.6 Å². The second-order valence-electron chi connectivity index (χ2n) is 7.74. The van der Waals surface area contributed by atoms with Crippen molar-refractivity contribution in [3.05, 3.63) is 50.5 Å². The van der Waals surface area contributed by atoms with Crippen LogP contribution in [0.5, 0.6) is 0 Å². The number of nitrogens with two attached hydrogens (primary N) is 1. The lowest BCUT2D eigenvalue weighted by Crippen LogP contribution is -2.34. The molecule has 2 N–H and O–H groups in total. The van der Waals surface area contributed by atoms with Crippen molar-refractivity contribution in [2.75, 3.05) is 12.8 Å². The minimum Gasteiger partial charge on any atom is -0.469 e. The maximum absolute atomic E-state index is 13.6. The van der Waals surface area contributed by atoms with Crippen molar-refractivity contribution in [2.24, 2.45) is 0 Å². The van der Waals surface area contributed by atoms with Gasteiger partial charge in [-0.3, -0.25) is 14.2 Å². The molecule has 34 heavy (non-hydrogen) atoms. The van der Waals surface area contributed by atoms with Gasteiger partial charge in [0.2, 0.25) is 5.95 Å². The number of methoxy groups -OCH3 is 1. The first-order chi connectivity index (χ1) is 16.2. The number of rotatable bonds is 6. The molecule has 0 bridgehead atoms. The Hall–Kier alpha value is -3.15. The summed E-state index contributed by atoms with van der Waals surface area (Å²) in [5, 5.41) is 0.729. The van der Waals surface area contributed by atoms with Crippen LogP contribution >= 0.6 is 23.2 Å². The Morgan fingerprint density at radius 2 is 2.06 bits per heavy atom. The van der Waals surface area contributed by atoms with Crippen LogP contribution in [0.3, 0.4) is 0 Å². The van der Waals surface area contributed by atoms with Crippen molar-refractivity contribution in [1.82, 2.24) is 19.1 Å². The average Bonchev–Trinajstić information content (AvgIpc) is 3.27. The van der Waals surface area contributed by atoms with E-state index in [9.17, 15) is 14.4 Å². The fourth-order valence-corrected chi connectivity index (χ4v) is 4.26.